The first kappa shape index (κ1) is 11.8. The Morgan fingerprint density at radius 2 is 2.00 bits per heavy atom. The number of nitrogens with zero attached hydrogens (tertiary/aromatic N) is 1. The lowest BCUT2D eigenvalue weighted by atomic mass is 10.1. The van der Waals surface area contributed by atoms with E-state index in [1.54, 1.807) is 4.90 Å². The molecule has 0 aliphatic rings. The molecule has 1 aromatic carbocycles. The topological polar surface area (TPSA) is 20.3 Å². The van der Waals surface area contributed by atoms with Gasteiger partial charge in [-0.15, -0.1) is 0 Å². The number of carbonyl (C=O) groups is 1. The molecule has 1 atom stereocenters. The summed E-state index contributed by atoms with van der Waals surface area (Å²) in [5.41, 5.74) is 0.753. The molecule has 0 saturated carbocycles. The van der Waals surface area contributed by atoms with Crippen molar-refractivity contribution in [2.24, 2.45) is 0 Å². The van der Waals surface area contributed by atoms with Gasteiger partial charge in [0.15, 0.2) is 0 Å². The first-order valence-corrected chi connectivity index (χ1v) is 5.27. The zero-order valence-corrected chi connectivity index (χ0v) is 9.60. The highest BCUT2D eigenvalue weighted by atomic mass is 16.2. The van der Waals surface area contributed by atoms with Crippen molar-refractivity contribution in [3.63, 3.8) is 0 Å². The largest absolute Gasteiger partial charge is 0.339 e. The second-order valence-electron chi connectivity index (χ2n) is 3.78. The first-order valence-electron chi connectivity index (χ1n) is 5.27. The van der Waals surface area contributed by atoms with E-state index in [-0.39, 0.29) is 11.9 Å². The summed E-state index contributed by atoms with van der Waals surface area (Å²) in [6.45, 7) is 4.07. The minimum Gasteiger partial charge on any atom is -0.339 e. The normalized spacial score (nSPS) is 12.2. The second-order valence-corrected chi connectivity index (χ2v) is 3.78. The third kappa shape index (κ3) is 3.08. The van der Waals surface area contributed by atoms with Gasteiger partial charge in [-0.05, 0) is 31.9 Å². The van der Waals surface area contributed by atoms with Crippen molar-refractivity contribution in [1.29, 1.82) is 0 Å². The fourth-order valence-corrected chi connectivity index (χ4v) is 1.48. The summed E-state index contributed by atoms with van der Waals surface area (Å²) in [6.07, 6.45) is 3.01. The molecule has 1 aromatic rings. The van der Waals surface area contributed by atoms with Crippen LogP contribution in [-0.4, -0.2) is 23.9 Å². The smallest absolute Gasteiger partial charge is 0.253 e. The van der Waals surface area contributed by atoms with Crippen LogP contribution in [0.1, 0.15) is 30.6 Å². The van der Waals surface area contributed by atoms with Gasteiger partial charge in [0.25, 0.3) is 5.91 Å². The van der Waals surface area contributed by atoms with Gasteiger partial charge in [0.2, 0.25) is 0 Å². The quantitative estimate of drug-likeness (QED) is 0.738. The van der Waals surface area contributed by atoms with E-state index in [0.29, 0.717) is 0 Å². The summed E-state index contributed by atoms with van der Waals surface area (Å²) < 4.78 is 0. The molecular formula is C13H18NO. The Kier molecular flexibility index (Phi) is 4.35. The molecule has 81 valence electrons. The van der Waals surface area contributed by atoms with Crippen molar-refractivity contribution in [2.45, 2.75) is 26.3 Å². The highest BCUT2D eigenvalue weighted by Gasteiger charge is 2.15. The van der Waals surface area contributed by atoms with Crippen molar-refractivity contribution in [1.82, 2.24) is 4.90 Å². The summed E-state index contributed by atoms with van der Waals surface area (Å²) in [4.78, 5) is 13.8. The Labute approximate surface area is 91.9 Å². The summed E-state index contributed by atoms with van der Waals surface area (Å²) >= 11 is 0. The monoisotopic (exact) mass is 204 g/mol. The van der Waals surface area contributed by atoms with E-state index in [9.17, 15) is 4.79 Å². The second kappa shape index (κ2) is 5.54. The predicted molar refractivity (Wildman–Crippen MR) is 62.6 cm³/mol. The Morgan fingerprint density at radius 1 is 1.40 bits per heavy atom. The molecule has 0 bridgehead atoms. The van der Waals surface area contributed by atoms with Gasteiger partial charge in [0.1, 0.15) is 0 Å². The summed E-state index contributed by atoms with van der Waals surface area (Å²) in [6, 6.07) is 9.64. The molecule has 0 N–H and O–H groups in total. The standard InChI is InChI=1S/C13H18NO/c1-4-8-11(2)14(3)13(15)12-9-6-5-7-10-12/h4-7,9-11H,8H2,1-3H3. The fraction of sp³-hybridized carbons (Fsp3) is 0.385. The predicted octanol–water partition coefficient (Wildman–Crippen LogP) is 2.76. The van der Waals surface area contributed by atoms with Gasteiger partial charge < -0.3 is 4.90 Å². The van der Waals surface area contributed by atoms with Crippen LogP contribution in [0.25, 0.3) is 0 Å². The van der Waals surface area contributed by atoms with Gasteiger partial charge >= 0.3 is 0 Å². The number of hydrogen-bond donors (Lipinski definition) is 0. The summed E-state index contributed by atoms with van der Waals surface area (Å²) in [5, 5.41) is 0. The van der Waals surface area contributed by atoms with Gasteiger partial charge in [-0.3, -0.25) is 4.79 Å². The molecule has 1 unspecified atom stereocenters. The molecule has 2 heteroatoms. The Morgan fingerprint density at radius 3 is 2.53 bits per heavy atom. The number of benzene rings is 1. The lowest BCUT2D eigenvalue weighted by Crippen LogP contribution is -2.34. The average molecular weight is 204 g/mol. The Bertz CT molecular complexity index is 308. The molecule has 15 heavy (non-hydrogen) atoms. The lowest BCUT2D eigenvalue weighted by molar-refractivity contribution is 0.0743. The minimum absolute atomic E-state index is 0.0879. The van der Waals surface area contributed by atoms with Gasteiger partial charge in [0.05, 0.1) is 0 Å². The van der Waals surface area contributed by atoms with Crippen molar-refractivity contribution in [3.8, 4) is 0 Å². The Hall–Kier alpha value is -1.31. The van der Waals surface area contributed by atoms with Crippen LogP contribution < -0.4 is 0 Å². The van der Waals surface area contributed by atoms with Gasteiger partial charge in [-0.1, -0.05) is 25.1 Å². The van der Waals surface area contributed by atoms with Crippen molar-refractivity contribution >= 4 is 5.91 Å². The van der Waals surface area contributed by atoms with Crippen LogP contribution in [0.4, 0.5) is 0 Å². The lowest BCUT2D eigenvalue weighted by Gasteiger charge is -2.24. The van der Waals surface area contributed by atoms with Crippen molar-refractivity contribution in [3.05, 3.63) is 42.3 Å². The molecule has 0 aliphatic carbocycles. The SMILES string of the molecule is C[CH]CC(C)N(C)C(=O)c1ccccc1. The molecule has 0 heterocycles. The highest BCUT2D eigenvalue weighted by molar-refractivity contribution is 5.94. The molecule has 1 rings (SSSR count). The molecule has 1 radical (unpaired) electrons. The van der Waals surface area contributed by atoms with E-state index in [1.807, 2.05) is 44.3 Å². The maximum atomic E-state index is 12.0. The third-order valence-corrected chi connectivity index (χ3v) is 2.58. The number of amides is 1. The van der Waals surface area contributed by atoms with Crippen LogP contribution in [-0.2, 0) is 0 Å². The number of carbonyl (C=O) groups excluding carboxylic acids is 1. The molecule has 0 saturated heterocycles. The molecular weight excluding hydrogens is 186 g/mol. The number of rotatable bonds is 4. The average Bonchev–Trinajstić information content (AvgIpc) is 2.28. The first-order chi connectivity index (χ1) is 7.16. The highest BCUT2D eigenvalue weighted by Crippen LogP contribution is 2.09. The molecule has 0 aliphatic heterocycles. The molecule has 0 spiro atoms. The van der Waals surface area contributed by atoms with Crippen LogP contribution in [0.2, 0.25) is 0 Å². The van der Waals surface area contributed by atoms with E-state index in [0.717, 1.165) is 12.0 Å². The van der Waals surface area contributed by atoms with Crippen LogP contribution in [0, 0.1) is 6.42 Å². The number of hydrogen-bond acceptors (Lipinski definition) is 1. The molecule has 0 aromatic heterocycles. The van der Waals surface area contributed by atoms with Gasteiger partial charge in [0, 0.05) is 18.7 Å². The molecule has 1 amide bonds. The molecule has 2 nitrogen and oxygen atoms in total. The van der Waals surface area contributed by atoms with Gasteiger partial charge in [-0.25, -0.2) is 0 Å². The zero-order valence-electron chi connectivity index (χ0n) is 9.60. The van der Waals surface area contributed by atoms with Crippen LogP contribution in [0.5, 0.6) is 0 Å². The third-order valence-electron chi connectivity index (χ3n) is 2.58. The van der Waals surface area contributed by atoms with Crippen LogP contribution in [0.3, 0.4) is 0 Å². The van der Waals surface area contributed by atoms with Gasteiger partial charge in [-0.2, -0.15) is 0 Å². The van der Waals surface area contributed by atoms with Crippen molar-refractivity contribution in [2.75, 3.05) is 7.05 Å². The van der Waals surface area contributed by atoms with Crippen LogP contribution in [0.15, 0.2) is 30.3 Å². The van der Waals surface area contributed by atoms with E-state index in [2.05, 4.69) is 13.3 Å². The maximum absolute atomic E-state index is 12.0. The van der Waals surface area contributed by atoms with Crippen LogP contribution >= 0.6 is 0 Å². The molecule has 0 fully saturated rings. The fourth-order valence-electron chi connectivity index (χ4n) is 1.48. The summed E-state index contributed by atoms with van der Waals surface area (Å²) in [7, 11) is 1.85. The maximum Gasteiger partial charge on any atom is 0.253 e. The van der Waals surface area contributed by atoms with E-state index in [4.69, 9.17) is 0 Å². The van der Waals surface area contributed by atoms with E-state index in [1.165, 1.54) is 0 Å². The summed E-state index contributed by atoms with van der Waals surface area (Å²) in [5.74, 6) is 0.0879. The van der Waals surface area contributed by atoms with Crippen molar-refractivity contribution < 1.29 is 4.79 Å². The van der Waals surface area contributed by atoms with E-state index < -0.39 is 0 Å². The zero-order chi connectivity index (χ0) is 11.3. The Balaban J connectivity index is 2.69. The minimum atomic E-state index is 0.0879. The van der Waals surface area contributed by atoms with E-state index >= 15 is 0 Å².